The van der Waals surface area contributed by atoms with E-state index in [1.54, 1.807) is 6.33 Å². The van der Waals surface area contributed by atoms with Gasteiger partial charge >= 0.3 is 0 Å². The number of anilines is 2. The first-order chi connectivity index (χ1) is 13.5. The number of aliphatic imine (C=N–C) groups is 1. The minimum absolute atomic E-state index is 0.840. The van der Waals surface area contributed by atoms with Gasteiger partial charge in [-0.2, -0.15) is 0 Å². The zero-order valence-corrected chi connectivity index (χ0v) is 17.0. The van der Waals surface area contributed by atoms with Crippen LogP contribution in [0.5, 0.6) is 0 Å². The van der Waals surface area contributed by atoms with Crippen LogP contribution in [0.1, 0.15) is 18.2 Å². The van der Waals surface area contributed by atoms with Crippen molar-refractivity contribution in [1.82, 2.24) is 19.8 Å². The Morgan fingerprint density at radius 1 is 1.07 bits per heavy atom. The number of hydrogen-bond donors (Lipinski definition) is 0. The molecule has 1 saturated heterocycles. The third-order valence-electron chi connectivity index (χ3n) is 5.71. The van der Waals surface area contributed by atoms with Crippen LogP contribution in [0.4, 0.5) is 17.2 Å². The molecule has 0 atom stereocenters. The van der Waals surface area contributed by atoms with Crippen molar-refractivity contribution in [2.24, 2.45) is 4.99 Å². The molecule has 6 nitrogen and oxygen atoms in total. The Bertz CT molecular complexity index is 911. The number of allylic oxidation sites excluding steroid dienone is 1. The Hall–Kier alpha value is -2.73. The molecule has 0 spiro atoms. The highest BCUT2D eigenvalue weighted by molar-refractivity contribution is 5.99. The van der Waals surface area contributed by atoms with E-state index in [-0.39, 0.29) is 0 Å². The molecule has 6 heteroatoms. The minimum atomic E-state index is 0.840. The van der Waals surface area contributed by atoms with Gasteiger partial charge < -0.3 is 14.7 Å². The fourth-order valence-electron chi connectivity index (χ4n) is 3.88. The van der Waals surface area contributed by atoms with Gasteiger partial charge in [0.15, 0.2) is 5.82 Å². The molecule has 146 valence electrons. The topological polar surface area (TPSA) is 47.9 Å². The van der Waals surface area contributed by atoms with Crippen LogP contribution in [0.25, 0.3) is 0 Å². The number of piperazine rings is 1. The summed E-state index contributed by atoms with van der Waals surface area (Å²) in [6.45, 7) is 13.3. The van der Waals surface area contributed by atoms with Gasteiger partial charge in [0.2, 0.25) is 0 Å². The largest absolute Gasteiger partial charge is 0.368 e. The van der Waals surface area contributed by atoms with Crippen molar-refractivity contribution in [2.45, 2.75) is 20.3 Å². The van der Waals surface area contributed by atoms with E-state index in [0.29, 0.717) is 0 Å². The van der Waals surface area contributed by atoms with Gasteiger partial charge in [0, 0.05) is 38.4 Å². The third-order valence-corrected chi connectivity index (χ3v) is 5.71. The number of para-hydroxylation sites is 1. The Morgan fingerprint density at radius 3 is 2.61 bits per heavy atom. The van der Waals surface area contributed by atoms with E-state index in [1.165, 1.54) is 11.3 Å². The van der Waals surface area contributed by atoms with E-state index in [4.69, 9.17) is 4.99 Å². The molecule has 0 saturated carbocycles. The summed E-state index contributed by atoms with van der Waals surface area (Å²) in [5, 5.41) is 0. The van der Waals surface area contributed by atoms with Gasteiger partial charge in [-0.3, -0.25) is 0 Å². The third kappa shape index (κ3) is 3.52. The molecule has 0 radical (unpaired) electrons. The van der Waals surface area contributed by atoms with Crippen molar-refractivity contribution in [2.75, 3.05) is 44.7 Å². The zero-order valence-electron chi connectivity index (χ0n) is 17.0. The van der Waals surface area contributed by atoms with E-state index in [2.05, 4.69) is 62.6 Å². The molecule has 2 aliphatic heterocycles. The number of aryl methyl sites for hydroxylation is 1. The summed E-state index contributed by atoms with van der Waals surface area (Å²) in [6, 6.07) is 8.52. The van der Waals surface area contributed by atoms with Crippen molar-refractivity contribution in [3.63, 3.8) is 0 Å². The highest BCUT2D eigenvalue weighted by atomic mass is 15.3. The standard InChI is InChI=1S/C22H28N6/c1-16(18(3)27-13-11-26(4)12-14-27)25-21-17(2)23-15-24-22(21)28-10-9-19-7-5-6-8-20(19)28/h5-8,15H,3,9-14H2,1-2,4H3. The molecular weight excluding hydrogens is 348 g/mol. The lowest BCUT2D eigenvalue weighted by Crippen LogP contribution is -2.44. The van der Waals surface area contributed by atoms with E-state index < -0.39 is 0 Å². The second-order valence-electron chi connectivity index (χ2n) is 7.60. The van der Waals surface area contributed by atoms with Crippen molar-refractivity contribution in [3.8, 4) is 0 Å². The molecule has 2 aliphatic rings. The molecule has 2 aromatic rings. The summed E-state index contributed by atoms with van der Waals surface area (Å²) >= 11 is 0. The lowest BCUT2D eigenvalue weighted by molar-refractivity contribution is 0.193. The summed E-state index contributed by atoms with van der Waals surface area (Å²) in [6.07, 6.45) is 2.66. The highest BCUT2D eigenvalue weighted by Crippen LogP contribution is 2.39. The van der Waals surface area contributed by atoms with E-state index in [0.717, 1.165) is 67.8 Å². The number of nitrogens with zero attached hydrogens (tertiary/aromatic N) is 6. The molecule has 1 aromatic heterocycles. The summed E-state index contributed by atoms with van der Waals surface area (Å²) < 4.78 is 0. The maximum absolute atomic E-state index is 4.97. The maximum Gasteiger partial charge on any atom is 0.162 e. The lowest BCUT2D eigenvalue weighted by Gasteiger charge is -2.35. The SMILES string of the molecule is C=C(C(C)=Nc1c(C)ncnc1N1CCc2ccccc21)N1CCN(C)CC1. The maximum atomic E-state index is 4.97. The first-order valence-electron chi connectivity index (χ1n) is 9.89. The molecule has 0 bridgehead atoms. The second-order valence-corrected chi connectivity index (χ2v) is 7.60. The lowest BCUT2D eigenvalue weighted by atomic mass is 10.2. The summed E-state index contributed by atoms with van der Waals surface area (Å²) in [5.41, 5.74) is 6.21. The quantitative estimate of drug-likeness (QED) is 0.766. The van der Waals surface area contributed by atoms with Gasteiger partial charge in [0.1, 0.15) is 12.0 Å². The molecule has 28 heavy (non-hydrogen) atoms. The van der Waals surface area contributed by atoms with Gasteiger partial charge in [-0.1, -0.05) is 24.8 Å². The average Bonchev–Trinajstić information content (AvgIpc) is 3.13. The molecular formula is C22H28N6. The first-order valence-corrected chi connectivity index (χ1v) is 9.89. The predicted molar refractivity (Wildman–Crippen MR) is 115 cm³/mol. The van der Waals surface area contributed by atoms with Crippen molar-refractivity contribution >= 4 is 22.9 Å². The first kappa shape index (κ1) is 18.6. The average molecular weight is 377 g/mol. The number of fused-ring (bicyclic) bond motifs is 1. The smallest absolute Gasteiger partial charge is 0.162 e. The van der Waals surface area contributed by atoms with Crippen LogP contribution in [-0.2, 0) is 6.42 Å². The summed E-state index contributed by atoms with van der Waals surface area (Å²) in [7, 11) is 2.16. The molecule has 4 rings (SSSR count). The van der Waals surface area contributed by atoms with Gasteiger partial charge in [0.05, 0.1) is 17.1 Å². The Kier molecular flexibility index (Phi) is 5.13. The number of aromatic nitrogens is 2. The molecule has 0 amide bonds. The molecule has 1 fully saturated rings. The van der Waals surface area contributed by atoms with Crippen molar-refractivity contribution in [3.05, 3.63) is 54.1 Å². The molecule has 3 heterocycles. The fourth-order valence-corrected chi connectivity index (χ4v) is 3.88. The Morgan fingerprint density at radius 2 is 1.82 bits per heavy atom. The zero-order chi connectivity index (χ0) is 19.7. The van der Waals surface area contributed by atoms with Gasteiger partial charge in [-0.25, -0.2) is 15.0 Å². The number of rotatable bonds is 4. The number of likely N-dealkylation sites (N-methyl/N-ethyl adjacent to an activating group) is 1. The van der Waals surface area contributed by atoms with Crippen LogP contribution in [0.3, 0.4) is 0 Å². The van der Waals surface area contributed by atoms with Gasteiger partial charge in [0.25, 0.3) is 0 Å². The number of hydrogen-bond acceptors (Lipinski definition) is 6. The van der Waals surface area contributed by atoms with E-state index in [9.17, 15) is 0 Å². The molecule has 0 N–H and O–H groups in total. The van der Waals surface area contributed by atoms with Crippen LogP contribution in [0, 0.1) is 6.92 Å². The van der Waals surface area contributed by atoms with Gasteiger partial charge in [-0.15, -0.1) is 0 Å². The van der Waals surface area contributed by atoms with Crippen LogP contribution in [0.2, 0.25) is 0 Å². The van der Waals surface area contributed by atoms with Crippen LogP contribution < -0.4 is 4.90 Å². The Labute approximate surface area is 167 Å². The molecule has 0 aliphatic carbocycles. The number of benzene rings is 1. The van der Waals surface area contributed by atoms with Crippen LogP contribution in [0.15, 0.2) is 47.9 Å². The molecule has 0 unspecified atom stereocenters. The van der Waals surface area contributed by atoms with Gasteiger partial charge in [-0.05, 0) is 38.9 Å². The van der Waals surface area contributed by atoms with E-state index >= 15 is 0 Å². The highest BCUT2D eigenvalue weighted by Gasteiger charge is 2.25. The minimum Gasteiger partial charge on any atom is -0.368 e. The van der Waals surface area contributed by atoms with Crippen LogP contribution in [-0.4, -0.2) is 65.3 Å². The summed E-state index contributed by atoms with van der Waals surface area (Å²) in [4.78, 5) is 20.9. The second kappa shape index (κ2) is 7.72. The van der Waals surface area contributed by atoms with Crippen molar-refractivity contribution < 1.29 is 0 Å². The van der Waals surface area contributed by atoms with Crippen molar-refractivity contribution in [1.29, 1.82) is 0 Å². The fraction of sp³-hybridized carbons (Fsp3) is 0.409. The predicted octanol–water partition coefficient (Wildman–Crippen LogP) is 3.33. The molecule has 1 aromatic carbocycles. The van der Waals surface area contributed by atoms with Crippen LogP contribution >= 0.6 is 0 Å². The normalized spacial score (nSPS) is 17.8. The Balaban J connectivity index is 1.65. The summed E-state index contributed by atoms with van der Waals surface area (Å²) in [5.74, 6) is 0.878. The monoisotopic (exact) mass is 376 g/mol. The van der Waals surface area contributed by atoms with E-state index in [1.807, 2.05) is 13.8 Å².